The molecular weight excluding hydrogens is 160 g/mol. The van der Waals surface area contributed by atoms with Gasteiger partial charge in [0.1, 0.15) is 0 Å². The smallest absolute Gasteiger partial charge is 0.0984 e. The van der Waals surface area contributed by atoms with Crippen molar-refractivity contribution in [2.24, 2.45) is 5.92 Å². The van der Waals surface area contributed by atoms with Crippen molar-refractivity contribution >= 4 is 0 Å². The Hall–Kier alpha value is -0.160. The molecule has 0 fully saturated rings. The highest BCUT2D eigenvalue weighted by Crippen LogP contribution is 2.07. The highest BCUT2D eigenvalue weighted by molar-refractivity contribution is 4.53. The van der Waals surface area contributed by atoms with E-state index in [2.05, 4.69) is 15.0 Å². The second-order valence-electron chi connectivity index (χ2n) is 4.01. The quantitative estimate of drug-likeness (QED) is 0.367. The molecule has 0 aromatic heterocycles. The summed E-state index contributed by atoms with van der Waals surface area (Å²) in [6.45, 7) is 10.0. The van der Waals surface area contributed by atoms with Crippen LogP contribution in [-0.4, -0.2) is 12.2 Å². The molecule has 0 aromatic rings. The van der Waals surface area contributed by atoms with Gasteiger partial charge in [-0.2, -0.15) is 4.89 Å². The second kappa shape index (κ2) is 5.48. The molecule has 0 heterocycles. The van der Waals surface area contributed by atoms with E-state index in [1.54, 1.807) is 0 Å². The van der Waals surface area contributed by atoms with Gasteiger partial charge in [-0.05, 0) is 36.8 Å². The van der Waals surface area contributed by atoms with Gasteiger partial charge in [0.25, 0.3) is 0 Å². The summed E-state index contributed by atoms with van der Waals surface area (Å²) in [5.74, 6) is 0.406. The monoisotopic (exact) mass is 178 g/mol. The summed E-state index contributed by atoms with van der Waals surface area (Å²) in [6.07, 6.45) is 0. The average Bonchev–Trinajstić information content (AvgIpc) is 1.83. The van der Waals surface area contributed by atoms with Crippen molar-refractivity contribution in [1.29, 1.82) is 0 Å². The molecule has 4 heteroatoms. The van der Waals surface area contributed by atoms with Gasteiger partial charge < -0.3 is 0 Å². The molecule has 4 nitrogen and oxygen atoms in total. The molecule has 0 N–H and O–H groups in total. The topological polar surface area (TPSA) is 36.9 Å². The number of hydrogen-bond donors (Lipinski definition) is 0. The molecule has 0 atom stereocenters. The van der Waals surface area contributed by atoms with Crippen molar-refractivity contribution in [3.05, 3.63) is 0 Å². The van der Waals surface area contributed by atoms with E-state index >= 15 is 0 Å². The van der Waals surface area contributed by atoms with Crippen LogP contribution in [0.4, 0.5) is 0 Å². The standard InChI is InChI=1S/C8H18O4/c1-7(2)6-9-11-12-10-8(3,4)5/h7H,6H2,1-5H3. The highest BCUT2D eigenvalue weighted by Gasteiger charge is 2.12. The van der Waals surface area contributed by atoms with Crippen LogP contribution in [0.2, 0.25) is 0 Å². The van der Waals surface area contributed by atoms with Crippen LogP contribution in [0.25, 0.3) is 0 Å². The molecule has 12 heavy (non-hydrogen) atoms. The van der Waals surface area contributed by atoms with Gasteiger partial charge in [-0.3, -0.25) is 0 Å². The van der Waals surface area contributed by atoms with Crippen LogP contribution in [0.1, 0.15) is 34.6 Å². The van der Waals surface area contributed by atoms with Crippen LogP contribution >= 0.6 is 0 Å². The van der Waals surface area contributed by atoms with Crippen molar-refractivity contribution in [2.45, 2.75) is 40.2 Å². The molecule has 74 valence electrons. The van der Waals surface area contributed by atoms with E-state index in [4.69, 9.17) is 4.89 Å². The lowest BCUT2D eigenvalue weighted by Gasteiger charge is -2.15. The molecule has 0 rings (SSSR count). The minimum absolute atomic E-state index is 0.388. The van der Waals surface area contributed by atoms with Crippen LogP contribution in [0, 0.1) is 5.92 Å². The van der Waals surface area contributed by atoms with E-state index < -0.39 is 0 Å². The Morgan fingerprint density at radius 2 is 1.67 bits per heavy atom. The first-order valence-corrected chi connectivity index (χ1v) is 4.06. The van der Waals surface area contributed by atoms with Gasteiger partial charge in [0.05, 0.1) is 12.2 Å². The van der Waals surface area contributed by atoms with Crippen molar-refractivity contribution < 1.29 is 19.9 Å². The predicted octanol–water partition coefficient (Wildman–Crippen LogP) is 2.25. The van der Waals surface area contributed by atoms with Gasteiger partial charge in [-0.15, -0.1) is 0 Å². The molecule has 0 unspecified atom stereocenters. The fourth-order valence-electron chi connectivity index (χ4n) is 0.299. The molecule has 0 radical (unpaired) electrons. The summed E-state index contributed by atoms with van der Waals surface area (Å²) < 4.78 is 0. The van der Waals surface area contributed by atoms with Gasteiger partial charge >= 0.3 is 0 Å². The molecule has 0 aliphatic carbocycles. The number of hydrogen-bond acceptors (Lipinski definition) is 4. The van der Waals surface area contributed by atoms with Gasteiger partial charge in [0, 0.05) is 0 Å². The van der Waals surface area contributed by atoms with Crippen LogP contribution in [0.15, 0.2) is 0 Å². The van der Waals surface area contributed by atoms with Crippen LogP contribution in [0.5, 0.6) is 0 Å². The Morgan fingerprint density at radius 3 is 2.08 bits per heavy atom. The lowest BCUT2D eigenvalue weighted by Crippen LogP contribution is -2.19. The minimum atomic E-state index is -0.388. The summed E-state index contributed by atoms with van der Waals surface area (Å²) in [4.78, 5) is 9.41. The van der Waals surface area contributed by atoms with E-state index in [-0.39, 0.29) is 5.60 Å². The zero-order chi connectivity index (χ0) is 9.61. The van der Waals surface area contributed by atoms with Crippen LogP contribution in [0.3, 0.4) is 0 Å². The summed E-state index contributed by atoms with van der Waals surface area (Å²) in [6, 6.07) is 0. The Bertz CT molecular complexity index is 106. The highest BCUT2D eigenvalue weighted by atomic mass is 17.7. The minimum Gasteiger partial charge on any atom is -0.204 e. The van der Waals surface area contributed by atoms with Crippen LogP contribution in [-0.2, 0) is 19.9 Å². The largest absolute Gasteiger partial charge is 0.204 e. The molecule has 0 saturated heterocycles. The zero-order valence-corrected chi connectivity index (χ0v) is 8.42. The van der Waals surface area contributed by atoms with Gasteiger partial charge in [0.2, 0.25) is 0 Å². The SMILES string of the molecule is CC(C)COOOOC(C)(C)C. The maximum Gasteiger partial charge on any atom is 0.0984 e. The van der Waals surface area contributed by atoms with Crippen molar-refractivity contribution in [3.8, 4) is 0 Å². The van der Waals surface area contributed by atoms with Crippen molar-refractivity contribution in [2.75, 3.05) is 6.61 Å². The first-order chi connectivity index (χ1) is 5.42. The summed E-state index contributed by atoms with van der Waals surface area (Å²) in [5, 5.41) is 8.62. The molecule has 0 aliphatic heterocycles. The number of rotatable bonds is 5. The normalized spacial score (nSPS) is 12.5. The van der Waals surface area contributed by atoms with E-state index in [0.29, 0.717) is 12.5 Å². The zero-order valence-electron chi connectivity index (χ0n) is 8.42. The maximum atomic E-state index is 4.76. The molecule has 0 spiro atoms. The Kier molecular flexibility index (Phi) is 5.41. The van der Waals surface area contributed by atoms with E-state index in [9.17, 15) is 0 Å². The third-order valence-corrected chi connectivity index (χ3v) is 0.761. The first-order valence-electron chi connectivity index (χ1n) is 4.06. The first kappa shape index (κ1) is 11.8. The Morgan fingerprint density at radius 1 is 1.08 bits per heavy atom. The molecule has 0 saturated carbocycles. The summed E-state index contributed by atoms with van der Waals surface area (Å²) in [5.41, 5.74) is -0.388. The molecule has 0 amide bonds. The third-order valence-electron chi connectivity index (χ3n) is 0.761. The van der Waals surface area contributed by atoms with Crippen LogP contribution < -0.4 is 0 Å². The maximum absolute atomic E-state index is 4.76. The van der Waals surface area contributed by atoms with Gasteiger partial charge in [0.15, 0.2) is 0 Å². The molecule has 0 aromatic carbocycles. The lowest BCUT2D eigenvalue weighted by atomic mass is 10.2. The molecule has 0 bridgehead atoms. The predicted molar refractivity (Wildman–Crippen MR) is 43.8 cm³/mol. The van der Waals surface area contributed by atoms with E-state index in [1.165, 1.54) is 0 Å². The third kappa shape index (κ3) is 9.84. The summed E-state index contributed by atoms with van der Waals surface area (Å²) >= 11 is 0. The van der Waals surface area contributed by atoms with Gasteiger partial charge in [-0.25, -0.2) is 4.89 Å². The summed E-state index contributed by atoms with van der Waals surface area (Å²) in [7, 11) is 0. The molecule has 0 aliphatic rings. The van der Waals surface area contributed by atoms with Crippen molar-refractivity contribution in [1.82, 2.24) is 0 Å². The molecular formula is C8H18O4. The Balaban J connectivity index is 3.12. The van der Waals surface area contributed by atoms with E-state index in [1.807, 2.05) is 34.6 Å². The lowest BCUT2D eigenvalue weighted by molar-refractivity contribution is -0.649. The average molecular weight is 178 g/mol. The fourth-order valence-corrected chi connectivity index (χ4v) is 0.299. The Labute approximate surface area is 73.5 Å². The fraction of sp³-hybridized carbons (Fsp3) is 1.00. The second-order valence-corrected chi connectivity index (χ2v) is 4.01. The van der Waals surface area contributed by atoms with Gasteiger partial charge in [-0.1, -0.05) is 13.8 Å². The van der Waals surface area contributed by atoms with E-state index in [0.717, 1.165) is 0 Å². The van der Waals surface area contributed by atoms with Crippen molar-refractivity contribution in [3.63, 3.8) is 0 Å².